The Morgan fingerprint density at radius 1 is 0.691 bits per heavy atom. The maximum atomic E-state index is 14.0. The zero-order chi connectivity index (χ0) is 39.3. The molecule has 1 spiro atoms. The number of sulfone groups is 1. The molecule has 55 heavy (non-hydrogen) atoms. The molecule has 3 aromatic rings. The number of hydrogen-bond acceptors (Lipinski definition) is 14. The number of hydrogen-bond donors (Lipinski definition) is 8. The van der Waals surface area contributed by atoms with E-state index in [2.05, 4.69) is 0 Å². The second-order valence-corrected chi connectivity index (χ2v) is 17.0. The van der Waals surface area contributed by atoms with Gasteiger partial charge in [-0.05, 0) is 61.1 Å². The van der Waals surface area contributed by atoms with Crippen LogP contribution in [-0.2, 0) is 34.4 Å². The van der Waals surface area contributed by atoms with E-state index in [1.54, 1.807) is 17.0 Å². The molecule has 0 bridgehead atoms. The number of aliphatic hydroxyl groups is 8. The Hall–Kier alpha value is -3.36. The molecule has 0 aromatic heterocycles. The van der Waals surface area contributed by atoms with Gasteiger partial charge in [-0.2, -0.15) is 0 Å². The van der Waals surface area contributed by atoms with Crippen molar-refractivity contribution < 1.29 is 68.3 Å². The summed E-state index contributed by atoms with van der Waals surface area (Å²) in [5.74, 6) is -0.863. The van der Waals surface area contributed by atoms with Gasteiger partial charge in [0.2, 0.25) is 5.91 Å². The third-order valence-corrected chi connectivity index (χ3v) is 13.5. The molecule has 3 aromatic carbocycles. The molecule has 3 saturated heterocycles. The number of β-lactam (4-membered cyclic amide) rings is 1. The molecular weight excluding hydrogens is 738 g/mol. The summed E-state index contributed by atoms with van der Waals surface area (Å²) in [4.78, 5) is 15.6. The first-order valence-electron chi connectivity index (χ1n) is 18.3. The summed E-state index contributed by atoms with van der Waals surface area (Å²) in [6.07, 6.45) is -15.0. The van der Waals surface area contributed by atoms with Crippen molar-refractivity contribution in [3.63, 3.8) is 0 Å². The highest BCUT2D eigenvalue weighted by Gasteiger charge is 2.63. The van der Waals surface area contributed by atoms with Gasteiger partial charge in [0.25, 0.3) is 0 Å². The molecule has 16 heteroatoms. The van der Waals surface area contributed by atoms with Crippen LogP contribution in [-0.4, -0.2) is 135 Å². The maximum absolute atomic E-state index is 14.0. The van der Waals surface area contributed by atoms with Gasteiger partial charge in [-0.25, -0.2) is 8.42 Å². The van der Waals surface area contributed by atoms with Gasteiger partial charge in [-0.15, -0.1) is 0 Å². The second kappa shape index (κ2) is 15.5. The molecule has 1 saturated carbocycles. The standard InChI is InChI=1S/C39H47NO14S/c41-19-26-29(43)31(45)33(47)36(53-26)54-34-27(20-42)52-28(30(44)32(34)46)21-55(50,51)25-13-11-22(12-14-25)35-38(37(48)40(35)24-9-5-2-6-10-24)15-17-39(49,18-16-38)23-7-3-1-4-8-23/h1-14,26-36,41-47,49H,15-21H2/t26?,27?,28-,29+,30?,31-,32+,33?,34+,35+,36-,38?,39?/m0/s1. The van der Waals surface area contributed by atoms with Crippen LogP contribution in [0.15, 0.2) is 89.8 Å². The van der Waals surface area contributed by atoms with Crippen molar-refractivity contribution in [2.45, 2.75) is 103 Å². The molecular formula is C39H47NO14S. The fourth-order valence-corrected chi connectivity index (χ4v) is 10.0. The van der Waals surface area contributed by atoms with Crippen LogP contribution in [0.3, 0.4) is 0 Å². The SMILES string of the molecule is O=C1N(c2ccccc2)[C@H](c2ccc(S(=O)(=O)C[C@@H]3OC(CO)[C@@H](O[C@@H]4OC(CO)[C@@H](O)[C@H](O)C4O)[C@H](O)C3O)cc2)C12CCC(O)(c1ccccc1)CC2. The van der Waals surface area contributed by atoms with E-state index in [0.717, 1.165) is 5.56 Å². The van der Waals surface area contributed by atoms with Gasteiger partial charge in [0.05, 0.1) is 40.9 Å². The summed E-state index contributed by atoms with van der Waals surface area (Å²) in [6.45, 7) is -1.55. The smallest absolute Gasteiger partial charge is 0.236 e. The largest absolute Gasteiger partial charge is 0.394 e. The number of rotatable bonds is 10. The molecule has 1 amide bonds. The molecule has 3 heterocycles. The molecule has 1 aliphatic carbocycles. The van der Waals surface area contributed by atoms with Crippen LogP contribution in [0.25, 0.3) is 0 Å². The first kappa shape index (κ1) is 39.9. The number of anilines is 1. The lowest BCUT2D eigenvalue weighted by Crippen LogP contribution is -2.65. The average molecular weight is 786 g/mol. The topological polar surface area (TPSA) is 244 Å². The van der Waals surface area contributed by atoms with Gasteiger partial charge in [0.15, 0.2) is 16.1 Å². The van der Waals surface area contributed by atoms with Crippen LogP contribution in [0, 0.1) is 5.41 Å². The highest BCUT2D eigenvalue weighted by molar-refractivity contribution is 7.91. The van der Waals surface area contributed by atoms with Gasteiger partial charge in [-0.3, -0.25) is 4.79 Å². The Balaban J connectivity index is 1.08. The van der Waals surface area contributed by atoms with Crippen LogP contribution in [0.1, 0.15) is 42.9 Å². The summed E-state index contributed by atoms with van der Waals surface area (Å²) < 4.78 is 44.1. The number of amides is 1. The second-order valence-electron chi connectivity index (χ2n) is 15.0. The third-order valence-electron chi connectivity index (χ3n) is 11.8. The van der Waals surface area contributed by atoms with Crippen molar-refractivity contribution in [2.75, 3.05) is 23.9 Å². The molecule has 11 atom stereocenters. The lowest BCUT2D eigenvalue weighted by atomic mass is 9.56. The number of nitrogens with zero attached hydrogens (tertiary/aromatic N) is 1. The monoisotopic (exact) mass is 785 g/mol. The number of carbonyl (C=O) groups is 1. The summed E-state index contributed by atoms with van der Waals surface area (Å²) >= 11 is 0. The molecule has 4 unspecified atom stereocenters. The Morgan fingerprint density at radius 3 is 1.87 bits per heavy atom. The highest BCUT2D eigenvalue weighted by atomic mass is 32.2. The van der Waals surface area contributed by atoms with Gasteiger partial charge in [0, 0.05) is 5.69 Å². The van der Waals surface area contributed by atoms with E-state index in [4.69, 9.17) is 14.2 Å². The zero-order valence-corrected chi connectivity index (χ0v) is 30.6. The average Bonchev–Trinajstić information content (AvgIpc) is 3.20. The van der Waals surface area contributed by atoms with Crippen LogP contribution >= 0.6 is 0 Å². The van der Waals surface area contributed by atoms with Gasteiger partial charge >= 0.3 is 0 Å². The Labute approximate surface area is 317 Å². The van der Waals surface area contributed by atoms with Crippen LogP contribution < -0.4 is 4.90 Å². The lowest BCUT2D eigenvalue weighted by molar-refractivity contribution is -0.341. The first-order chi connectivity index (χ1) is 26.2. The molecule has 4 aliphatic rings. The minimum Gasteiger partial charge on any atom is -0.394 e. The van der Waals surface area contributed by atoms with E-state index >= 15 is 0 Å². The minimum absolute atomic E-state index is 0.0650. The van der Waals surface area contributed by atoms with Crippen LogP contribution in [0.5, 0.6) is 0 Å². The molecule has 0 radical (unpaired) electrons. The molecule has 4 fully saturated rings. The fraction of sp³-hybridized carbons (Fsp3) is 0.513. The van der Waals surface area contributed by atoms with E-state index in [-0.39, 0.29) is 10.8 Å². The van der Waals surface area contributed by atoms with Gasteiger partial charge in [-0.1, -0.05) is 60.7 Å². The quantitative estimate of drug-likeness (QED) is 0.123. The van der Waals surface area contributed by atoms with Crippen molar-refractivity contribution >= 4 is 21.4 Å². The Morgan fingerprint density at radius 2 is 1.27 bits per heavy atom. The van der Waals surface area contributed by atoms with Crippen molar-refractivity contribution in [3.05, 3.63) is 96.1 Å². The normalized spacial score (nSPS) is 38.1. The summed E-state index contributed by atoms with van der Waals surface area (Å²) in [7, 11) is -4.20. The maximum Gasteiger partial charge on any atom is 0.236 e. The van der Waals surface area contributed by atoms with E-state index in [0.29, 0.717) is 36.9 Å². The highest BCUT2D eigenvalue weighted by Crippen LogP contribution is 2.61. The number of para-hydroxylation sites is 1. The van der Waals surface area contributed by atoms with Crippen LogP contribution in [0.4, 0.5) is 5.69 Å². The third kappa shape index (κ3) is 7.13. The Bertz CT molecular complexity index is 1890. The molecule has 7 rings (SSSR count). The van der Waals surface area contributed by atoms with E-state index in [1.165, 1.54) is 12.1 Å². The van der Waals surface area contributed by atoms with Gasteiger partial charge in [0.1, 0.15) is 54.9 Å². The van der Waals surface area contributed by atoms with Crippen molar-refractivity contribution in [2.24, 2.45) is 5.41 Å². The number of ether oxygens (including phenoxy) is 3. The number of carbonyl (C=O) groups excluding carboxylic acids is 1. The predicted molar refractivity (Wildman–Crippen MR) is 193 cm³/mol. The van der Waals surface area contributed by atoms with Crippen molar-refractivity contribution in [3.8, 4) is 0 Å². The molecule has 8 N–H and O–H groups in total. The number of aliphatic hydroxyl groups excluding tert-OH is 7. The lowest BCUT2D eigenvalue weighted by Gasteiger charge is -2.59. The fourth-order valence-electron chi connectivity index (χ4n) is 8.59. The van der Waals surface area contributed by atoms with Crippen molar-refractivity contribution in [1.29, 1.82) is 0 Å². The van der Waals surface area contributed by atoms with E-state index in [9.17, 15) is 54.1 Å². The van der Waals surface area contributed by atoms with E-state index in [1.807, 2.05) is 60.7 Å². The van der Waals surface area contributed by atoms with Crippen LogP contribution in [0.2, 0.25) is 0 Å². The van der Waals surface area contributed by atoms with Gasteiger partial charge < -0.3 is 60.0 Å². The Kier molecular flexibility index (Phi) is 11.3. The van der Waals surface area contributed by atoms with E-state index < -0.39 is 107 Å². The predicted octanol–water partition coefficient (Wildman–Crippen LogP) is -0.337. The first-order valence-corrected chi connectivity index (χ1v) is 20.0. The molecule has 15 nitrogen and oxygen atoms in total. The zero-order valence-electron chi connectivity index (χ0n) is 29.8. The summed E-state index contributed by atoms with van der Waals surface area (Å²) in [5, 5.41) is 83.8. The molecule has 298 valence electrons. The number of benzene rings is 3. The van der Waals surface area contributed by atoms with Crippen molar-refractivity contribution in [1.82, 2.24) is 0 Å². The summed E-state index contributed by atoms with van der Waals surface area (Å²) in [5.41, 5.74) is 0.289. The molecule has 3 aliphatic heterocycles. The summed E-state index contributed by atoms with van der Waals surface area (Å²) in [6, 6.07) is 24.2. The minimum atomic E-state index is -4.20.